The minimum Gasteiger partial charge on any atom is -0.508 e. The predicted octanol–water partition coefficient (Wildman–Crippen LogP) is -2.52. The summed E-state index contributed by atoms with van der Waals surface area (Å²) < 4.78 is 38.2. The number of allylic oxidation sites excluding steroid dienone is 1. The molecule has 3 heterocycles. The zero-order valence-electron chi connectivity index (χ0n) is 26.2. The van der Waals surface area contributed by atoms with Crippen molar-refractivity contribution in [1.82, 2.24) is 0 Å². The molecule has 0 radical (unpaired) electrons. The maximum atomic E-state index is 13.3. The third kappa shape index (κ3) is 8.50. The summed E-state index contributed by atoms with van der Waals surface area (Å²) in [5.41, 5.74) is 0.851. The molecule has 1 aromatic rings. The van der Waals surface area contributed by atoms with E-state index in [-0.39, 0.29) is 23.5 Å². The highest BCUT2D eigenvalue weighted by molar-refractivity contribution is 5.90. The Morgan fingerprint density at radius 1 is 0.875 bits per heavy atom. The molecule has 268 valence electrons. The number of rotatable bonds is 12. The van der Waals surface area contributed by atoms with Crippen LogP contribution in [0, 0.1) is 5.92 Å². The van der Waals surface area contributed by atoms with Crippen LogP contribution in [0.15, 0.2) is 47.7 Å². The number of esters is 2. The van der Waals surface area contributed by atoms with E-state index in [1.807, 2.05) is 0 Å². The molecule has 17 heteroatoms. The molecule has 12 atom stereocenters. The minimum atomic E-state index is -1.77. The van der Waals surface area contributed by atoms with Crippen molar-refractivity contribution in [3.63, 3.8) is 0 Å². The lowest BCUT2D eigenvalue weighted by atomic mass is 9.86. The topological polar surface area (TPSA) is 261 Å². The van der Waals surface area contributed by atoms with Crippen molar-refractivity contribution < 1.29 is 83.6 Å². The molecule has 0 unspecified atom stereocenters. The van der Waals surface area contributed by atoms with Crippen LogP contribution in [-0.2, 0) is 49.2 Å². The van der Waals surface area contributed by atoms with Gasteiger partial charge in [0.2, 0.25) is 6.29 Å². The van der Waals surface area contributed by atoms with Gasteiger partial charge in [-0.25, -0.2) is 4.79 Å². The van der Waals surface area contributed by atoms with Crippen molar-refractivity contribution in [1.29, 1.82) is 0 Å². The molecule has 0 aliphatic carbocycles. The van der Waals surface area contributed by atoms with Crippen LogP contribution in [0.1, 0.15) is 18.9 Å². The van der Waals surface area contributed by atoms with Crippen molar-refractivity contribution in [2.45, 2.75) is 87.5 Å². The second kappa shape index (κ2) is 17.0. The number of aromatic hydroxyl groups is 1. The van der Waals surface area contributed by atoms with Gasteiger partial charge < -0.3 is 74.0 Å². The highest BCUT2D eigenvalue weighted by Gasteiger charge is 2.49. The number of carbonyl (C=O) groups excluding carboxylic acids is 2. The van der Waals surface area contributed by atoms with Gasteiger partial charge in [0.15, 0.2) is 18.7 Å². The number of hydrogen-bond donors (Lipinski definition) is 8. The monoisotopic (exact) mass is 686 g/mol. The van der Waals surface area contributed by atoms with Crippen LogP contribution in [0.2, 0.25) is 0 Å². The van der Waals surface area contributed by atoms with Crippen molar-refractivity contribution in [3.05, 3.63) is 53.3 Å². The van der Waals surface area contributed by atoms with Gasteiger partial charge in [0.1, 0.15) is 48.5 Å². The molecule has 17 nitrogen and oxygen atoms in total. The van der Waals surface area contributed by atoms with Crippen molar-refractivity contribution in [2.75, 3.05) is 26.9 Å². The Hall–Kier alpha value is -3.20. The van der Waals surface area contributed by atoms with Crippen LogP contribution >= 0.6 is 0 Å². The first-order valence-corrected chi connectivity index (χ1v) is 15.2. The lowest BCUT2D eigenvalue weighted by Gasteiger charge is -2.42. The van der Waals surface area contributed by atoms with Gasteiger partial charge in [-0.15, -0.1) is 0 Å². The summed E-state index contributed by atoms with van der Waals surface area (Å²) in [5, 5.41) is 81.1. The van der Waals surface area contributed by atoms with E-state index in [0.29, 0.717) is 6.42 Å². The number of methoxy groups -OCH3 is 1. The molecule has 8 N–H and O–H groups in total. The van der Waals surface area contributed by atoms with E-state index in [2.05, 4.69) is 0 Å². The Bertz CT molecular complexity index is 1280. The largest absolute Gasteiger partial charge is 0.508 e. The molecule has 1 aromatic carbocycles. The number of benzene rings is 1. The molecule has 0 bridgehead atoms. The van der Waals surface area contributed by atoms with Crippen LogP contribution in [0.4, 0.5) is 0 Å². The van der Waals surface area contributed by atoms with Crippen LogP contribution in [0.5, 0.6) is 5.75 Å². The molecular formula is C31H42O17. The second-order valence-electron chi connectivity index (χ2n) is 11.4. The van der Waals surface area contributed by atoms with Gasteiger partial charge >= 0.3 is 11.9 Å². The summed E-state index contributed by atoms with van der Waals surface area (Å²) in [6.45, 7) is 0.159. The van der Waals surface area contributed by atoms with E-state index < -0.39 is 105 Å². The fraction of sp³-hybridized carbons (Fsp3) is 0.613. The zero-order valence-corrected chi connectivity index (χ0v) is 26.2. The van der Waals surface area contributed by atoms with Crippen molar-refractivity contribution in [3.8, 4) is 5.75 Å². The first kappa shape index (κ1) is 37.6. The molecule has 0 aromatic heterocycles. The SMILES string of the molecule is C/C=C1\[C@H](O[C@@H]2O[C@H](CO)[C@@H](O)[C@H](O)[C@H]2O)OC=C(C(=O)OC)[C@H]1CC(=O)O[C@@H]1[C@@H](O)[C@H](O)[C@@H](OCCc2ccc(O)cc2)O[C@H]1CO. The van der Waals surface area contributed by atoms with Crippen molar-refractivity contribution >= 4 is 11.9 Å². The number of carbonyl (C=O) groups is 2. The molecule has 0 amide bonds. The molecule has 48 heavy (non-hydrogen) atoms. The maximum Gasteiger partial charge on any atom is 0.337 e. The van der Waals surface area contributed by atoms with Gasteiger partial charge in [0, 0.05) is 11.5 Å². The summed E-state index contributed by atoms with van der Waals surface area (Å²) in [7, 11) is 1.11. The van der Waals surface area contributed by atoms with Crippen molar-refractivity contribution in [2.24, 2.45) is 5.92 Å². The molecule has 3 aliphatic rings. The standard InChI is InChI=1S/C31H42O17/c1-3-16-17(18(28(41)42-2)13-44-29(16)48-31-25(39)23(37)22(36)19(11-32)45-31)10-21(35)47-27-20(12-33)46-30(26(40)24(27)38)43-9-8-14-4-6-15(34)7-5-14/h3-7,13,17,19-20,22-27,29-34,36-40H,8-12H2,1-2H3/b16-3-/t17-,19+,20-,22+,23-,24-,25+,26-,27-,29-,30-,31-/m0/s1. The number of hydrogen-bond acceptors (Lipinski definition) is 17. The summed E-state index contributed by atoms with van der Waals surface area (Å²) in [6, 6.07) is 6.37. The highest BCUT2D eigenvalue weighted by atomic mass is 16.8. The van der Waals surface area contributed by atoms with Crippen LogP contribution in [0.25, 0.3) is 0 Å². The Balaban J connectivity index is 1.43. The molecule has 3 aliphatic heterocycles. The summed E-state index contributed by atoms with van der Waals surface area (Å²) in [4.78, 5) is 26.0. The van der Waals surface area contributed by atoms with Crippen LogP contribution in [0.3, 0.4) is 0 Å². The zero-order chi connectivity index (χ0) is 35.1. The average molecular weight is 687 g/mol. The quantitative estimate of drug-likeness (QED) is 0.0834. The van der Waals surface area contributed by atoms with Gasteiger partial charge in [-0.1, -0.05) is 18.2 Å². The molecule has 2 saturated heterocycles. The average Bonchev–Trinajstić information content (AvgIpc) is 3.08. The lowest BCUT2D eigenvalue weighted by Crippen LogP contribution is -2.60. The fourth-order valence-electron chi connectivity index (χ4n) is 5.58. The third-order valence-electron chi connectivity index (χ3n) is 8.30. The van der Waals surface area contributed by atoms with Gasteiger partial charge in [-0.05, 0) is 31.0 Å². The Morgan fingerprint density at radius 3 is 2.15 bits per heavy atom. The van der Waals surface area contributed by atoms with Gasteiger partial charge in [-0.2, -0.15) is 0 Å². The molecule has 4 rings (SSSR count). The van der Waals surface area contributed by atoms with Crippen LogP contribution < -0.4 is 0 Å². The number of aliphatic hydroxyl groups excluding tert-OH is 7. The van der Waals surface area contributed by atoms with E-state index in [1.165, 1.54) is 18.2 Å². The summed E-state index contributed by atoms with van der Waals surface area (Å²) >= 11 is 0. The molecule has 2 fully saturated rings. The van der Waals surface area contributed by atoms with Gasteiger partial charge in [0.05, 0.1) is 45.2 Å². The van der Waals surface area contributed by atoms with E-state index in [4.69, 9.17) is 33.2 Å². The molecule has 0 saturated carbocycles. The molecular weight excluding hydrogens is 644 g/mol. The van der Waals surface area contributed by atoms with E-state index >= 15 is 0 Å². The third-order valence-corrected chi connectivity index (χ3v) is 8.30. The molecule has 0 spiro atoms. The Kier molecular flexibility index (Phi) is 13.3. The Morgan fingerprint density at radius 2 is 1.52 bits per heavy atom. The number of aliphatic hydroxyl groups is 7. The number of ether oxygens (including phenoxy) is 7. The number of phenols is 1. The van der Waals surface area contributed by atoms with E-state index in [9.17, 15) is 50.4 Å². The highest BCUT2D eigenvalue weighted by Crippen LogP contribution is 2.37. The van der Waals surface area contributed by atoms with Gasteiger partial charge in [-0.3, -0.25) is 4.79 Å². The first-order chi connectivity index (χ1) is 22.9. The summed E-state index contributed by atoms with van der Waals surface area (Å²) in [6.07, 6.45) is -14.8. The summed E-state index contributed by atoms with van der Waals surface area (Å²) in [5.74, 6) is -2.88. The minimum absolute atomic E-state index is 0.0483. The van der Waals surface area contributed by atoms with E-state index in [0.717, 1.165) is 18.9 Å². The predicted molar refractivity (Wildman–Crippen MR) is 157 cm³/mol. The Labute approximate surface area is 275 Å². The second-order valence-corrected chi connectivity index (χ2v) is 11.4. The fourth-order valence-corrected chi connectivity index (χ4v) is 5.58. The maximum absolute atomic E-state index is 13.3. The normalized spacial score (nSPS) is 36.2. The lowest BCUT2D eigenvalue weighted by molar-refractivity contribution is -0.327. The van der Waals surface area contributed by atoms with Gasteiger partial charge in [0.25, 0.3) is 0 Å². The van der Waals surface area contributed by atoms with E-state index in [1.54, 1.807) is 19.1 Å². The first-order valence-electron chi connectivity index (χ1n) is 15.2. The smallest absolute Gasteiger partial charge is 0.337 e. The van der Waals surface area contributed by atoms with Crippen LogP contribution in [-0.4, -0.2) is 147 Å². The number of phenolic OH excluding ortho intramolecular Hbond substituents is 1.